The second-order valence-electron chi connectivity index (χ2n) is 8.26. The monoisotopic (exact) mass is 486 g/mol. The van der Waals surface area contributed by atoms with Gasteiger partial charge in [-0.25, -0.2) is 4.79 Å². The number of halogens is 1. The highest BCUT2D eigenvalue weighted by Gasteiger charge is 2.36. The number of hydrogen-bond donors (Lipinski definition) is 1. The van der Waals surface area contributed by atoms with E-state index in [-0.39, 0.29) is 6.03 Å². The topological polar surface area (TPSA) is 80.5 Å². The highest BCUT2D eigenvalue weighted by atomic mass is 35.5. The van der Waals surface area contributed by atoms with Crippen molar-refractivity contribution in [2.24, 2.45) is 0 Å². The van der Waals surface area contributed by atoms with Crippen molar-refractivity contribution in [2.75, 3.05) is 12.0 Å². The number of rotatable bonds is 5. The summed E-state index contributed by atoms with van der Waals surface area (Å²) in [4.78, 5) is 19.7. The van der Waals surface area contributed by atoms with Gasteiger partial charge in [0, 0.05) is 16.3 Å². The lowest BCUT2D eigenvalue weighted by molar-refractivity contribution is 0.244. The highest BCUT2D eigenvalue weighted by Crippen LogP contribution is 2.39. The van der Waals surface area contributed by atoms with Crippen LogP contribution in [0.3, 0.4) is 0 Å². The van der Waals surface area contributed by atoms with Gasteiger partial charge in [0.2, 0.25) is 5.82 Å². The fourth-order valence-electron chi connectivity index (χ4n) is 4.19. The minimum Gasteiger partial charge on any atom is -0.497 e. The number of aromatic nitrogens is 2. The van der Waals surface area contributed by atoms with E-state index in [1.54, 1.807) is 24.1 Å². The molecule has 5 rings (SSSR count). The van der Waals surface area contributed by atoms with Gasteiger partial charge in [0.15, 0.2) is 0 Å². The lowest BCUT2D eigenvalue weighted by Gasteiger charge is -2.35. The van der Waals surface area contributed by atoms with Crippen molar-refractivity contribution in [2.45, 2.75) is 19.9 Å². The zero-order valence-electron chi connectivity index (χ0n) is 19.4. The Labute approximate surface area is 208 Å². The Bertz CT molecular complexity index is 1410. The van der Waals surface area contributed by atoms with E-state index in [9.17, 15) is 4.79 Å². The van der Waals surface area contributed by atoms with Crippen molar-refractivity contribution < 1.29 is 14.1 Å². The van der Waals surface area contributed by atoms with Crippen LogP contribution in [-0.2, 0) is 0 Å². The summed E-state index contributed by atoms with van der Waals surface area (Å²) in [5.41, 5.74) is 4.85. The first-order valence-corrected chi connectivity index (χ1v) is 11.4. The van der Waals surface area contributed by atoms with Gasteiger partial charge in [0.1, 0.15) is 5.75 Å². The van der Waals surface area contributed by atoms with Crippen LogP contribution in [0.4, 0.5) is 10.5 Å². The number of aryl methyl sites for hydroxylation is 1. The van der Waals surface area contributed by atoms with Crippen LogP contribution >= 0.6 is 11.6 Å². The molecule has 7 nitrogen and oxygen atoms in total. The number of amides is 2. The molecule has 8 heteroatoms. The van der Waals surface area contributed by atoms with Crippen LogP contribution in [0.5, 0.6) is 5.75 Å². The summed E-state index contributed by atoms with van der Waals surface area (Å²) in [5.74, 6) is 1.48. The third-order valence-electron chi connectivity index (χ3n) is 5.95. The summed E-state index contributed by atoms with van der Waals surface area (Å²) >= 11 is 6.03. The number of carbonyl (C=O) groups excluding carboxylic acids is 1. The van der Waals surface area contributed by atoms with E-state index in [2.05, 4.69) is 15.5 Å². The molecule has 1 aliphatic rings. The quantitative estimate of drug-likeness (QED) is 0.352. The van der Waals surface area contributed by atoms with Crippen LogP contribution in [-0.4, -0.2) is 23.3 Å². The summed E-state index contributed by atoms with van der Waals surface area (Å²) in [6.07, 6.45) is 0. The Kier molecular flexibility index (Phi) is 6.01. The Morgan fingerprint density at radius 1 is 1.03 bits per heavy atom. The van der Waals surface area contributed by atoms with Gasteiger partial charge in [-0.2, -0.15) is 4.98 Å². The van der Waals surface area contributed by atoms with Gasteiger partial charge in [-0.1, -0.05) is 41.0 Å². The number of anilines is 1. The molecule has 2 heterocycles. The third-order valence-corrected chi connectivity index (χ3v) is 6.20. The van der Waals surface area contributed by atoms with Crippen molar-refractivity contribution in [1.29, 1.82) is 0 Å². The molecule has 0 saturated carbocycles. The molecule has 0 aliphatic carbocycles. The van der Waals surface area contributed by atoms with Gasteiger partial charge in [-0.15, -0.1) is 0 Å². The molecule has 3 aromatic carbocycles. The van der Waals surface area contributed by atoms with Crippen molar-refractivity contribution >= 4 is 28.9 Å². The number of allylic oxidation sites excluding steroid dienone is 1. The first-order chi connectivity index (χ1) is 16.9. The average molecular weight is 487 g/mol. The van der Waals surface area contributed by atoms with Crippen molar-refractivity contribution in [3.05, 3.63) is 101 Å². The maximum atomic E-state index is 13.3. The molecule has 0 bridgehead atoms. The average Bonchev–Trinajstić information content (AvgIpc) is 3.34. The van der Waals surface area contributed by atoms with E-state index >= 15 is 0 Å². The van der Waals surface area contributed by atoms with Crippen molar-refractivity contribution in [1.82, 2.24) is 15.5 Å². The number of hydrogen-bond acceptors (Lipinski definition) is 5. The van der Waals surface area contributed by atoms with E-state index in [0.717, 1.165) is 28.1 Å². The highest BCUT2D eigenvalue weighted by molar-refractivity contribution is 6.30. The van der Waals surface area contributed by atoms with Gasteiger partial charge >= 0.3 is 6.03 Å². The number of benzene rings is 3. The van der Waals surface area contributed by atoms with Crippen LogP contribution in [0.25, 0.3) is 17.0 Å². The predicted molar refractivity (Wildman–Crippen MR) is 135 cm³/mol. The molecule has 176 valence electrons. The molecule has 1 atom stereocenters. The van der Waals surface area contributed by atoms with Gasteiger partial charge < -0.3 is 14.6 Å². The zero-order valence-corrected chi connectivity index (χ0v) is 20.2. The number of methoxy groups -OCH3 is 1. The summed E-state index contributed by atoms with van der Waals surface area (Å²) < 4.78 is 11.0. The van der Waals surface area contributed by atoms with E-state index in [1.807, 2.05) is 74.5 Å². The molecule has 1 aromatic heterocycles. The van der Waals surface area contributed by atoms with Crippen LogP contribution < -0.4 is 15.0 Å². The fraction of sp³-hybridized carbons (Fsp3) is 0.148. The number of urea groups is 1. The first-order valence-electron chi connectivity index (χ1n) is 11.1. The number of nitrogens with one attached hydrogen (secondary N) is 1. The third kappa shape index (κ3) is 4.38. The minimum absolute atomic E-state index is 0.241. The van der Waals surface area contributed by atoms with Crippen molar-refractivity contribution in [3.8, 4) is 17.1 Å². The summed E-state index contributed by atoms with van der Waals surface area (Å²) in [6, 6.07) is 21.8. The van der Waals surface area contributed by atoms with Crippen LogP contribution in [0.15, 0.2) is 83.0 Å². The lowest BCUT2D eigenvalue weighted by Crippen LogP contribution is -2.46. The molecule has 0 fully saturated rings. The summed E-state index contributed by atoms with van der Waals surface area (Å²) in [7, 11) is 1.61. The molecule has 2 amide bonds. The summed E-state index contributed by atoms with van der Waals surface area (Å²) in [6.45, 7) is 3.88. The second-order valence-corrected chi connectivity index (χ2v) is 8.70. The molecule has 4 aromatic rings. The molecule has 0 spiro atoms. The normalized spacial score (nSPS) is 15.8. The van der Waals surface area contributed by atoms with Crippen molar-refractivity contribution in [3.63, 3.8) is 0 Å². The Hall–Kier alpha value is -4.10. The van der Waals surface area contributed by atoms with Crippen LogP contribution in [0.1, 0.15) is 30.0 Å². The molecule has 0 saturated heterocycles. The minimum atomic E-state index is -0.493. The van der Waals surface area contributed by atoms with E-state index in [1.165, 1.54) is 0 Å². The van der Waals surface area contributed by atoms with Gasteiger partial charge in [0.25, 0.3) is 5.89 Å². The number of ether oxygens (including phenoxy) is 1. The molecular formula is C27H23ClN4O3. The van der Waals surface area contributed by atoms with E-state index < -0.39 is 6.04 Å². The number of carbonyl (C=O) groups is 1. The Morgan fingerprint density at radius 2 is 1.77 bits per heavy atom. The molecule has 1 aliphatic heterocycles. The van der Waals surface area contributed by atoms with Crippen LogP contribution in [0.2, 0.25) is 5.02 Å². The van der Waals surface area contributed by atoms with Crippen LogP contribution in [0, 0.1) is 6.92 Å². The molecular weight excluding hydrogens is 464 g/mol. The maximum Gasteiger partial charge on any atom is 0.326 e. The molecule has 1 N–H and O–H groups in total. The van der Waals surface area contributed by atoms with Gasteiger partial charge in [0.05, 0.1) is 24.4 Å². The molecule has 0 radical (unpaired) electrons. The maximum absolute atomic E-state index is 13.3. The SMILES string of the molecule is COc1ccc(C2NC(=O)N(c3cccc(C)c3)C(C)=C2c2nc(-c3ccc(Cl)cc3)no2)cc1. The smallest absolute Gasteiger partial charge is 0.326 e. The van der Waals surface area contributed by atoms with Gasteiger partial charge in [-0.05, 0) is 73.5 Å². The van der Waals surface area contributed by atoms with E-state index in [0.29, 0.717) is 28.0 Å². The number of nitrogens with zero attached hydrogens (tertiary/aromatic N) is 3. The largest absolute Gasteiger partial charge is 0.497 e. The first kappa shape index (κ1) is 22.7. The molecule has 35 heavy (non-hydrogen) atoms. The Morgan fingerprint density at radius 3 is 2.46 bits per heavy atom. The molecule has 1 unspecified atom stereocenters. The fourth-order valence-corrected chi connectivity index (χ4v) is 4.32. The predicted octanol–water partition coefficient (Wildman–Crippen LogP) is 6.41. The zero-order chi connectivity index (χ0) is 24.5. The lowest BCUT2D eigenvalue weighted by atomic mass is 9.94. The summed E-state index contributed by atoms with van der Waals surface area (Å²) in [5, 5.41) is 7.94. The van der Waals surface area contributed by atoms with Gasteiger partial charge in [-0.3, -0.25) is 4.90 Å². The Balaban J connectivity index is 1.64. The standard InChI is InChI=1S/C27H23ClN4O3/c1-16-5-4-6-21(15-16)32-17(2)23(24(29-27(32)33)18-9-13-22(34-3)14-10-18)26-30-25(31-35-26)19-7-11-20(28)12-8-19/h4-15,24H,1-3H3,(H,29,33). The second kappa shape index (κ2) is 9.27. The van der Waals surface area contributed by atoms with E-state index in [4.69, 9.17) is 20.9 Å².